The molecule has 0 bridgehead atoms. The van der Waals surface area contributed by atoms with E-state index in [1.807, 2.05) is 12.3 Å². The van der Waals surface area contributed by atoms with E-state index in [-0.39, 0.29) is 51.4 Å². The van der Waals surface area contributed by atoms with Gasteiger partial charge in [-0.2, -0.15) is 10.5 Å². The van der Waals surface area contributed by atoms with Gasteiger partial charge in [0, 0.05) is 76.4 Å². The number of nitrogens with one attached hydrogen (secondary N) is 2. The first kappa shape index (κ1) is 29.1. The maximum absolute atomic E-state index is 9.50. The van der Waals surface area contributed by atoms with Gasteiger partial charge in [0.25, 0.3) is 0 Å². The van der Waals surface area contributed by atoms with Crippen LogP contribution in [0.1, 0.15) is 12.6 Å². The monoisotopic (exact) mass is 759 g/mol. The zero-order valence-electron chi connectivity index (χ0n) is 16.3. The number of aromatic amines is 2. The van der Waals surface area contributed by atoms with Crippen LogP contribution >= 0.6 is 59.8 Å². The van der Waals surface area contributed by atoms with Gasteiger partial charge >= 0.3 is 52.8 Å². The van der Waals surface area contributed by atoms with Crippen LogP contribution in [0, 0.1) is 26.2 Å². The minimum absolute atomic E-state index is 0. The second kappa shape index (κ2) is 17.7. The molecule has 4 aromatic rings. The molecule has 12 heteroatoms. The maximum Gasteiger partial charge on any atom is 1.00 e. The summed E-state index contributed by atoms with van der Waals surface area (Å²) in [6, 6.07) is 6.05. The summed E-state index contributed by atoms with van der Waals surface area (Å²) in [5.74, 6) is 0. The van der Waals surface area contributed by atoms with Gasteiger partial charge in [-0.05, 0) is 28.7 Å². The van der Waals surface area contributed by atoms with Crippen molar-refractivity contribution in [3.05, 3.63) is 57.9 Å². The molecule has 0 spiro atoms. The first-order valence-corrected chi connectivity index (χ1v) is 14.4. The van der Waals surface area contributed by atoms with E-state index in [1.165, 1.54) is 0 Å². The number of H-pyrrole nitrogens is 2. The minimum atomic E-state index is 0. The van der Waals surface area contributed by atoms with Crippen molar-refractivity contribution in [3.63, 3.8) is 0 Å². The molecular formula is C17H15FI3KN6O+2. The molecule has 5 N–H and O–H groups in total. The molecule has 0 saturated carbocycles. The topological polar surface area (TPSA) is 138 Å². The molecule has 0 fully saturated rings. The molecule has 0 aliphatic rings. The summed E-state index contributed by atoms with van der Waals surface area (Å²) in [5.41, 5.74) is 8.06. The Labute approximate surface area is 247 Å². The summed E-state index contributed by atoms with van der Waals surface area (Å²) in [6.07, 6.45) is 10.2. The van der Waals surface area contributed by atoms with Crippen molar-refractivity contribution in [1.29, 1.82) is 10.5 Å². The summed E-state index contributed by atoms with van der Waals surface area (Å²) in [4.78, 5) is 13.9. The molecule has 146 valence electrons. The van der Waals surface area contributed by atoms with Gasteiger partial charge in [-0.3, -0.25) is 14.4 Å². The van der Waals surface area contributed by atoms with E-state index in [9.17, 15) is 4.39 Å². The maximum atomic E-state index is 9.50. The van der Waals surface area contributed by atoms with E-state index in [4.69, 9.17) is 17.4 Å². The smallest absolute Gasteiger partial charge is 0.457 e. The van der Waals surface area contributed by atoms with Gasteiger partial charge in [-0.15, -0.1) is 0 Å². The molecule has 0 amide bonds. The second-order valence-corrected chi connectivity index (χ2v) is 5.76. The second-order valence-electron chi connectivity index (χ2n) is 4.60. The van der Waals surface area contributed by atoms with Crippen LogP contribution in [-0.2, 0) is 5.48 Å². The van der Waals surface area contributed by atoms with E-state index < -0.39 is 0 Å². The molecule has 0 radical (unpaired) electrons. The van der Waals surface area contributed by atoms with E-state index in [1.54, 1.807) is 31.0 Å². The van der Waals surface area contributed by atoms with E-state index >= 15 is 0 Å². The van der Waals surface area contributed by atoms with Crippen LogP contribution in [0.5, 0.6) is 0 Å². The van der Waals surface area contributed by atoms with Crippen molar-refractivity contribution in [3.8, 4) is 12.1 Å². The average molecular weight is 759 g/mol. The molecule has 0 atom stereocenters. The minimum Gasteiger partial charge on any atom is -0.457 e. The average Bonchev–Trinajstić information content (AvgIpc) is 3.45. The number of hydrogen-bond acceptors (Lipinski definition) is 4. The van der Waals surface area contributed by atoms with Gasteiger partial charge < -0.3 is 15.4 Å². The van der Waals surface area contributed by atoms with E-state index in [2.05, 4.69) is 91.9 Å². The summed E-state index contributed by atoms with van der Waals surface area (Å²) in [7, 11) is 0.500. The molecule has 0 aliphatic carbocycles. The van der Waals surface area contributed by atoms with Gasteiger partial charge in [0.05, 0.1) is 41.7 Å². The quantitative estimate of drug-likeness (QED) is 0.161. The fourth-order valence-electron chi connectivity index (χ4n) is 2.19. The van der Waals surface area contributed by atoms with Crippen LogP contribution in [0.2, 0.25) is 0 Å². The molecule has 7 nitrogen and oxygen atoms in total. The molecule has 4 rings (SSSR count). The third-order valence-electron chi connectivity index (χ3n) is 3.26. The van der Waals surface area contributed by atoms with Gasteiger partial charge in [-0.1, -0.05) is 0 Å². The van der Waals surface area contributed by atoms with Crippen LogP contribution in [0.3, 0.4) is 0 Å². The van der Waals surface area contributed by atoms with Crippen LogP contribution in [-0.4, -0.2) is 27.1 Å². The fourth-order valence-corrected chi connectivity index (χ4v) is 2.93. The number of halogens is 4. The number of aromatic nitrogens is 4. The Balaban J connectivity index is 0. The largest absolute Gasteiger partial charge is 1.00 e. The van der Waals surface area contributed by atoms with Gasteiger partial charge in [0.2, 0.25) is 0 Å². The fraction of sp³-hybridized carbons (Fsp3) is 0.0588. The molecule has 0 saturated heterocycles. The van der Waals surface area contributed by atoms with Crippen molar-refractivity contribution in [1.82, 2.24) is 19.9 Å². The van der Waals surface area contributed by atoms with Crippen LogP contribution in [0.15, 0.2) is 43.2 Å². The Kier molecular flexibility index (Phi) is 17.8. The SMILES string of the molecule is CF.II.N#Cc1cncc2[nH]cc(I)c12.N#Cc1cncc2[nH]ccc12.[2H][OH2+].[K+]. The number of pyridine rings is 2. The number of rotatable bonds is 0. The van der Waals surface area contributed by atoms with Gasteiger partial charge in [-0.25, -0.2) is 0 Å². The Morgan fingerprint density at radius 3 is 2.14 bits per heavy atom. The van der Waals surface area contributed by atoms with Crippen LogP contribution < -0.4 is 51.4 Å². The van der Waals surface area contributed by atoms with Crippen molar-refractivity contribution < 1.29 is 62.7 Å². The Bertz CT molecular complexity index is 1100. The predicted molar refractivity (Wildman–Crippen MR) is 134 cm³/mol. The zero-order valence-corrected chi connectivity index (χ0v) is 24.9. The number of hydrogen-bond donors (Lipinski definition) is 2. The summed E-state index contributed by atoms with van der Waals surface area (Å²) in [5, 5.41) is 19.3. The predicted octanol–water partition coefficient (Wildman–Crippen LogP) is 1.91. The number of nitrogens with zero attached hydrogens (tertiary/aromatic N) is 4. The van der Waals surface area contributed by atoms with Crippen molar-refractivity contribution in [2.24, 2.45) is 0 Å². The summed E-state index contributed by atoms with van der Waals surface area (Å²) < 4.78 is 15.6. The van der Waals surface area contributed by atoms with Crippen LogP contribution in [0.4, 0.5) is 4.39 Å². The van der Waals surface area contributed by atoms with E-state index in [0.717, 1.165) is 25.4 Å². The number of fused-ring (bicyclic) bond motifs is 2. The third-order valence-corrected chi connectivity index (χ3v) is 4.11. The molecule has 0 aromatic carbocycles. The summed E-state index contributed by atoms with van der Waals surface area (Å²) >= 11 is 6.43. The first-order chi connectivity index (χ1) is 14.2. The van der Waals surface area contributed by atoms with E-state index in [0.29, 0.717) is 18.3 Å². The van der Waals surface area contributed by atoms with Crippen molar-refractivity contribution in [2.45, 2.75) is 0 Å². The Morgan fingerprint density at radius 2 is 1.55 bits per heavy atom. The molecule has 0 aliphatic heterocycles. The Hall–Kier alpha value is 0.0764. The first-order valence-electron chi connectivity index (χ1n) is 7.58. The van der Waals surface area contributed by atoms with Gasteiger partial charge in [0.1, 0.15) is 12.1 Å². The standard InChI is InChI=1S/C8H4IN3.C8H5N3.CH3F.I2.K.H2O/c9-6-3-12-7-4-11-2-5(1-10)8(6)7;9-3-6-4-10-5-8-7(6)1-2-11-8;2*1-2;;/h2-4,12H;1-2,4-5,11H;1H3;;;1H2/q;;;;+1;/p+1/i/hD. The molecule has 4 heterocycles. The molecule has 0 unspecified atom stereocenters. The Morgan fingerprint density at radius 1 is 1.00 bits per heavy atom. The number of alkyl halides is 1. The third kappa shape index (κ3) is 8.61. The van der Waals surface area contributed by atoms with Crippen molar-refractivity contribution in [2.75, 3.05) is 7.18 Å². The number of nitriles is 2. The molecular weight excluding hydrogens is 743 g/mol. The molecule has 29 heavy (non-hydrogen) atoms. The van der Waals surface area contributed by atoms with Gasteiger partial charge in [0.15, 0.2) is 0 Å². The normalized spacial score (nSPS) is 8.48. The molecule has 4 aromatic heterocycles. The zero-order chi connectivity index (χ0) is 22.2. The summed E-state index contributed by atoms with van der Waals surface area (Å²) in [6.45, 7) is 0. The van der Waals surface area contributed by atoms with Crippen LogP contribution in [0.25, 0.3) is 21.8 Å². The van der Waals surface area contributed by atoms with Crippen molar-refractivity contribution >= 4 is 81.6 Å².